The zero-order valence-electron chi connectivity index (χ0n) is 16.0. The van der Waals surface area contributed by atoms with Gasteiger partial charge in [-0.1, -0.05) is 18.2 Å². The second-order valence-electron chi connectivity index (χ2n) is 6.95. The number of nitrogens with zero attached hydrogens (tertiary/aromatic N) is 2. The zero-order chi connectivity index (χ0) is 18.4. The summed E-state index contributed by atoms with van der Waals surface area (Å²) in [5.74, 6) is 0.910. The van der Waals surface area contributed by atoms with Gasteiger partial charge < -0.3 is 14.5 Å². The Labute approximate surface area is 155 Å². The third-order valence-electron chi connectivity index (χ3n) is 5.33. The predicted molar refractivity (Wildman–Crippen MR) is 110 cm³/mol. The van der Waals surface area contributed by atoms with Crippen molar-refractivity contribution in [2.45, 2.75) is 13.8 Å². The number of para-hydroxylation sites is 2. The molecule has 0 unspecified atom stereocenters. The van der Waals surface area contributed by atoms with E-state index in [0.717, 1.165) is 5.75 Å². The molecule has 3 aromatic rings. The number of fused-ring (bicyclic) bond motifs is 2. The Bertz CT molecular complexity index is 970. The van der Waals surface area contributed by atoms with Crippen LogP contribution < -0.4 is 14.5 Å². The molecule has 3 aromatic carbocycles. The Morgan fingerprint density at radius 3 is 1.81 bits per heavy atom. The van der Waals surface area contributed by atoms with Crippen LogP contribution in [0.4, 0.5) is 22.7 Å². The second kappa shape index (κ2) is 6.10. The van der Waals surface area contributed by atoms with E-state index in [9.17, 15) is 0 Å². The third-order valence-corrected chi connectivity index (χ3v) is 5.33. The van der Waals surface area contributed by atoms with Crippen LogP contribution in [-0.4, -0.2) is 21.2 Å². The SMILES string of the molecule is COc1cc(C)c(-c2ccc3c(c2)N(C)c2ccccc2N3C)c(C)c1. The van der Waals surface area contributed by atoms with Crippen LogP contribution in [0.1, 0.15) is 11.1 Å². The number of anilines is 4. The van der Waals surface area contributed by atoms with Crippen molar-refractivity contribution in [3.8, 4) is 16.9 Å². The molecule has 0 saturated heterocycles. The van der Waals surface area contributed by atoms with Crippen molar-refractivity contribution in [3.05, 3.63) is 65.7 Å². The fourth-order valence-corrected chi connectivity index (χ4v) is 4.02. The van der Waals surface area contributed by atoms with E-state index in [4.69, 9.17) is 4.74 Å². The molecule has 3 nitrogen and oxygen atoms in total. The molecule has 0 fully saturated rings. The number of benzene rings is 3. The lowest BCUT2D eigenvalue weighted by Gasteiger charge is -2.36. The van der Waals surface area contributed by atoms with Gasteiger partial charge in [0.2, 0.25) is 0 Å². The molecular formula is C23H24N2O. The predicted octanol–water partition coefficient (Wildman–Crippen LogP) is 5.83. The van der Waals surface area contributed by atoms with Crippen LogP contribution >= 0.6 is 0 Å². The summed E-state index contributed by atoms with van der Waals surface area (Å²) < 4.78 is 5.41. The van der Waals surface area contributed by atoms with Crippen molar-refractivity contribution in [2.75, 3.05) is 31.0 Å². The first kappa shape index (κ1) is 16.5. The minimum Gasteiger partial charge on any atom is -0.497 e. The van der Waals surface area contributed by atoms with Crippen molar-refractivity contribution < 1.29 is 4.74 Å². The highest BCUT2D eigenvalue weighted by atomic mass is 16.5. The summed E-state index contributed by atoms with van der Waals surface area (Å²) in [7, 11) is 5.99. The number of methoxy groups -OCH3 is 1. The molecule has 0 radical (unpaired) electrons. The number of rotatable bonds is 2. The van der Waals surface area contributed by atoms with Crippen LogP contribution in [0.5, 0.6) is 5.75 Å². The van der Waals surface area contributed by atoms with Gasteiger partial charge in [-0.15, -0.1) is 0 Å². The monoisotopic (exact) mass is 344 g/mol. The highest BCUT2D eigenvalue weighted by Gasteiger charge is 2.24. The van der Waals surface area contributed by atoms with E-state index in [1.54, 1.807) is 7.11 Å². The van der Waals surface area contributed by atoms with Gasteiger partial charge in [-0.3, -0.25) is 0 Å². The summed E-state index contributed by atoms with van der Waals surface area (Å²) >= 11 is 0. The Morgan fingerprint density at radius 1 is 0.692 bits per heavy atom. The third kappa shape index (κ3) is 2.43. The molecule has 132 valence electrons. The van der Waals surface area contributed by atoms with Gasteiger partial charge in [0, 0.05) is 14.1 Å². The largest absolute Gasteiger partial charge is 0.497 e. The van der Waals surface area contributed by atoms with Gasteiger partial charge in [0.05, 0.1) is 29.9 Å². The van der Waals surface area contributed by atoms with Gasteiger partial charge in [0.25, 0.3) is 0 Å². The van der Waals surface area contributed by atoms with E-state index in [0.29, 0.717) is 0 Å². The smallest absolute Gasteiger partial charge is 0.119 e. The normalized spacial score (nSPS) is 12.7. The summed E-state index contributed by atoms with van der Waals surface area (Å²) in [6, 6.07) is 19.5. The minimum absolute atomic E-state index is 0.910. The van der Waals surface area contributed by atoms with Gasteiger partial charge in [-0.2, -0.15) is 0 Å². The molecule has 0 atom stereocenters. The van der Waals surface area contributed by atoms with Crippen LogP contribution in [0.15, 0.2) is 54.6 Å². The first-order valence-electron chi connectivity index (χ1n) is 8.87. The maximum atomic E-state index is 5.41. The molecule has 0 aromatic heterocycles. The molecule has 0 saturated carbocycles. The van der Waals surface area contributed by atoms with E-state index in [1.165, 1.54) is 45.0 Å². The fourth-order valence-electron chi connectivity index (χ4n) is 4.02. The van der Waals surface area contributed by atoms with Gasteiger partial charge in [0.1, 0.15) is 5.75 Å². The first-order chi connectivity index (χ1) is 12.5. The summed E-state index contributed by atoms with van der Waals surface area (Å²) in [4.78, 5) is 4.55. The second-order valence-corrected chi connectivity index (χ2v) is 6.95. The lowest BCUT2D eigenvalue weighted by Crippen LogP contribution is -2.24. The standard InChI is InChI=1S/C23H24N2O/c1-15-12-18(26-5)13-16(2)23(15)17-10-11-21-22(14-17)25(4)20-9-7-6-8-19(20)24(21)3/h6-14H,1-5H3. The zero-order valence-corrected chi connectivity index (χ0v) is 16.0. The Hall–Kier alpha value is -2.94. The summed E-state index contributed by atoms with van der Waals surface area (Å²) in [6.45, 7) is 4.30. The van der Waals surface area contributed by atoms with Crippen LogP contribution in [0.25, 0.3) is 11.1 Å². The maximum absolute atomic E-state index is 5.41. The molecule has 4 rings (SSSR count). The maximum Gasteiger partial charge on any atom is 0.119 e. The van der Waals surface area contributed by atoms with Gasteiger partial charge in [-0.25, -0.2) is 0 Å². The molecule has 1 heterocycles. The average molecular weight is 344 g/mol. The van der Waals surface area contributed by atoms with Crippen LogP contribution in [0.3, 0.4) is 0 Å². The Balaban J connectivity index is 1.87. The molecule has 0 amide bonds. The molecule has 1 aliphatic heterocycles. The number of ether oxygens (including phenoxy) is 1. The number of aryl methyl sites for hydroxylation is 2. The first-order valence-corrected chi connectivity index (χ1v) is 8.87. The Morgan fingerprint density at radius 2 is 1.23 bits per heavy atom. The van der Waals surface area contributed by atoms with E-state index in [1.807, 2.05) is 0 Å². The molecule has 0 spiro atoms. The lowest BCUT2D eigenvalue weighted by atomic mass is 9.94. The molecule has 0 aliphatic carbocycles. The number of hydrogen-bond acceptors (Lipinski definition) is 3. The highest BCUT2D eigenvalue weighted by molar-refractivity contribution is 5.94. The molecule has 26 heavy (non-hydrogen) atoms. The molecule has 0 bridgehead atoms. The Kier molecular flexibility index (Phi) is 3.87. The van der Waals surface area contributed by atoms with E-state index >= 15 is 0 Å². The van der Waals surface area contributed by atoms with E-state index in [-0.39, 0.29) is 0 Å². The van der Waals surface area contributed by atoms with Crippen LogP contribution in [0.2, 0.25) is 0 Å². The molecule has 1 aliphatic rings. The average Bonchev–Trinajstić information content (AvgIpc) is 2.65. The van der Waals surface area contributed by atoms with Crippen LogP contribution in [-0.2, 0) is 0 Å². The molecule has 0 N–H and O–H groups in total. The minimum atomic E-state index is 0.910. The fraction of sp³-hybridized carbons (Fsp3) is 0.217. The van der Waals surface area contributed by atoms with E-state index < -0.39 is 0 Å². The van der Waals surface area contributed by atoms with Crippen LogP contribution in [0, 0.1) is 13.8 Å². The van der Waals surface area contributed by atoms with Crippen molar-refractivity contribution in [3.63, 3.8) is 0 Å². The highest BCUT2D eigenvalue weighted by Crippen LogP contribution is 2.47. The van der Waals surface area contributed by atoms with Crippen molar-refractivity contribution >= 4 is 22.7 Å². The van der Waals surface area contributed by atoms with Crippen molar-refractivity contribution in [2.24, 2.45) is 0 Å². The molecule has 3 heteroatoms. The summed E-state index contributed by atoms with van der Waals surface area (Å²) in [5.41, 5.74) is 9.87. The van der Waals surface area contributed by atoms with E-state index in [2.05, 4.69) is 92.3 Å². The van der Waals surface area contributed by atoms with Gasteiger partial charge >= 0.3 is 0 Å². The lowest BCUT2D eigenvalue weighted by molar-refractivity contribution is 0.414. The summed E-state index contributed by atoms with van der Waals surface area (Å²) in [6.07, 6.45) is 0. The molecular weight excluding hydrogens is 320 g/mol. The van der Waals surface area contributed by atoms with Crippen molar-refractivity contribution in [1.82, 2.24) is 0 Å². The quantitative estimate of drug-likeness (QED) is 0.582. The van der Waals surface area contributed by atoms with Crippen molar-refractivity contribution in [1.29, 1.82) is 0 Å². The topological polar surface area (TPSA) is 15.7 Å². The van der Waals surface area contributed by atoms with Gasteiger partial charge in [0.15, 0.2) is 0 Å². The van der Waals surface area contributed by atoms with Gasteiger partial charge in [-0.05, 0) is 72.5 Å². The summed E-state index contributed by atoms with van der Waals surface area (Å²) in [5, 5.41) is 0. The number of hydrogen-bond donors (Lipinski definition) is 0.